The Morgan fingerprint density at radius 1 is 1.18 bits per heavy atom. The number of pyridine rings is 1. The highest BCUT2D eigenvalue weighted by Gasteiger charge is 2.31. The molecule has 1 aromatic heterocycles. The van der Waals surface area contributed by atoms with Gasteiger partial charge in [-0.15, -0.1) is 16.2 Å². The second-order valence-electron chi connectivity index (χ2n) is 4.69. The number of rotatable bonds is 3. The van der Waals surface area contributed by atoms with Gasteiger partial charge in [-0.05, 0) is 42.7 Å². The lowest BCUT2D eigenvalue weighted by Gasteiger charge is -2.29. The number of anilines is 2. The third-order valence-corrected chi connectivity index (χ3v) is 5.44. The van der Waals surface area contributed by atoms with Gasteiger partial charge in [0.1, 0.15) is 10.7 Å². The van der Waals surface area contributed by atoms with Crippen molar-refractivity contribution in [2.75, 3.05) is 11.2 Å². The Hall–Kier alpha value is -1.86. The lowest BCUT2D eigenvalue weighted by molar-refractivity contribution is 0.596. The summed E-state index contributed by atoms with van der Waals surface area (Å²) >= 11 is 1.66. The van der Waals surface area contributed by atoms with Crippen LogP contribution in [0.2, 0.25) is 0 Å². The Morgan fingerprint density at radius 2 is 1.91 bits per heavy atom. The number of aromatic nitrogens is 1. The first kappa shape index (κ1) is 15.1. The predicted molar refractivity (Wildman–Crippen MR) is 89.5 cm³/mol. The molecule has 0 atom stereocenters. The molecule has 7 heteroatoms. The summed E-state index contributed by atoms with van der Waals surface area (Å²) in [6.45, 7) is 1.88. The molecule has 2 aromatic rings. The highest BCUT2D eigenvalue weighted by atomic mass is 32.2. The van der Waals surface area contributed by atoms with E-state index in [1.54, 1.807) is 28.9 Å². The minimum absolute atomic E-state index is 0.140. The normalized spacial score (nSPS) is 16.1. The van der Waals surface area contributed by atoms with E-state index in [-0.39, 0.29) is 4.90 Å². The van der Waals surface area contributed by atoms with Crippen LogP contribution in [-0.4, -0.2) is 25.5 Å². The van der Waals surface area contributed by atoms with Gasteiger partial charge in [0.05, 0.1) is 0 Å². The van der Waals surface area contributed by atoms with Gasteiger partial charge in [-0.1, -0.05) is 6.92 Å². The molecule has 0 radical (unpaired) electrons. The summed E-state index contributed by atoms with van der Waals surface area (Å²) in [6.07, 6.45) is 4.11. The van der Waals surface area contributed by atoms with E-state index in [1.807, 2.05) is 37.4 Å². The summed E-state index contributed by atoms with van der Waals surface area (Å²) < 4.78 is 28.5. The molecule has 0 N–H and O–H groups in total. The molecule has 0 spiro atoms. The molecule has 1 aromatic carbocycles. The Labute approximate surface area is 134 Å². The average Bonchev–Trinajstić information content (AvgIpc) is 2.54. The zero-order chi connectivity index (χ0) is 15.7. The highest BCUT2D eigenvalue weighted by Crippen LogP contribution is 2.35. The Kier molecular flexibility index (Phi) is 3.92. The summed E-state index contributed by atoms with van der Waals surface area (Å²) in [4.78, 5) is 7.36. The van der Waals surface area contributed by atoms with Crippen molar-refractivity contribution in [1.29, 1.82) is 0 Å². The number of hydrogen-bond donors (Lipinski definition) is 0. The van der Waals surface area contributed by atoms with E-state index >= 15 is 0 Å². The van der Waals surface area contributed by atoms with Crippen LogP contribution in [-0.2, 0) is 10.0 Å². The van der Waals surface area contributed by atoms with Gasteiger partial charge in [0.15, 0.2) is 5.82 Å². The lowest BCUT2D eigenvalue weighted by Crippen LogP contribution is -2.32. The molecule has 2 heterocycles. The number of hydrogen-bond acceptors (Lipinski definition) is 5. The van der Waals surface area contributed by atoms with Gasteiger partial charge in [0.2, 0.25) is 0 Å². The van der Waals surface area contributed by atoms with Crippen molar-refractivity contribution >= 4 is 39.1 Å². The Bertz CT molecular complexity index is 830. The first-order valence-electron chi connectivity index (χ1n) is 6.80. The first-order chi connectivity index (χ1) is 10.6. The molecule has 0 saturated heterocycles. The maximum absolute atomic E-state index is 12.3. The van der Waals surface area contributed by atoms with Crippen molar-refractivity contribution in [3.8, 4) is 0 Å². The van der Waals surface area contributed by atoms with Crippen LogP contribution in [0, 0.1) is 0 Å². The van der Waals surface area contributed by atoms with Crippen LogP contribution < -0.4 is 4.90 Å². The number of benzene rings is 1. The fourth-order valence-electron chi connectivity index (χ4n) is 2.33. The van der Waals surface area contributed by atoms with Gasteiger partial charge in [-0.2, -0.15) is 8.42 Å². The Morgan fingerprint density at radius 3 is 2.55 bits per heavy atom. The average molecular weight is 333 g/mol. The van der Waals surface area contributed by atoms with Crippen molar-refractivity contribution in [1.82, 2.24) is 4.98 Å². The molecule has 0 saturated carbocycles. The Balaban J connectivity index is 2.20. The van der Waals surface area contributed by atoms with Crippen molar-refractivity contribution in [3.63, 3.8) is 0 Å². The van der Waals surface area contributed by atoms with Crippen LogP contribution >= 0.6 is 11.8 Å². The van der Waals surface area contributed by atoms with Crippen LogP contribution in [0.15, 0.2) is 56.8 Å². The summed E-state index contributed by atoms with van der Waals surface area (Å²) in [5, 5.41) is 0. The van der Waals surface area contributed by atoms with Gasteiger partial charge >= 0.3 is 0 Å². The summed E-state index contributed by atoms with van der Waals surface area (Å²) in [6, 6.07) is 11.0. The standard InChI is InChI=1S/C15H15N3O2S2/c1-3-14-17-22(19,20)13-5-4-10-16-15(13)18(14)11-6-8-12(21-2)9-7-11/h4-10H,3H2,1-2H3. The van der Waals surface area contributed by atoms with Crippen LogP contribution in [0.3, 0.4) is 0 Å². The molecule has 1 aliphatic heterocycles. The second kappa shape index (κ2) is 5.73. The molecule has 0 bridgehead atoms. The van der Waals surface area contributed by atoms with Crippen molar-refractivity contribution in [2.24, 2.45) is 4.40 Å². The van der Waals surface area contributed by atoms with Crippen molar-refractivity contribution in [2.45, 2.75) is 23.1 Å². The third-order valence-electron chi connectivity index (χ3n) is 3.37. The zero-order valence-electron chi connectivity index (χ0n) is 12.2. The van der Waals surface area contributed by atoms with Crippen LogP contribution in [0.4, 0.5) is 11.5 Å². The summed E-state index contributed by atoms with van der Waals surface area (Å²) in [5.41, 5.74) is 0.855. The largest absolute Gasteiger partial charge is 0.287 e. The third kappa shape index (κ3) is 2.50. The number of thioether (sulfide) groups is 1. The molecule has 3 rings (SSSR count). The maximum Gasteiger partial charge on any atom is 0.287 e. The minimum Gasteiger partial charge on any atom is -0.281 e. The van der Waals surface area contributed by atoms with Crippen LogP contribution in [0.1, 0.15) is 13.3 Å². The number of nitrogens with zero attached hydrogens (tertiary/aromatic N) is 3. The van der Waals surface area contributed by atoms with Gasteiger partial charge in [-0.25, -0.2) is 4.98 Å². The molecular formula is C15H15N3O2S2. The molecular weight excluding hydrogens is 318 g/mol. The van der Waals surface area contributed by atoms with E-state index in [0.717, 1.165) is 10.6 Å². The molecule has 0 amide bonds. The molecule has 0 aliphatic carbocycles. The summed E-state index contributed by atoms with van der Waals surface area (Å²) in [7, 11) is -3.68. The molecule has 0 fully saturated rings. The van der Waals surface area contributed by atoms with Gasteiger partial charge in [0.25, 0.3) is 10.0 Å². The van der Waals surface area contributed by atoms with E-state index in [1.165, 1.54) is 6.07 Å². The lowest BCUT2D eigenvalue weighted by atomic mass is 10.2. The topological polar surface area (TPSA) is 62.6 Å². The predicted octanol–water partition coefficient (Wildman–Crippen LogP) is 3.45. The monoisotopic (exact) mass is 333 g/mol. The molecule has 114 valence electrons. The number of sulfonamides is 1. The molecule has 22 heavy (non-hydrogen) atoms. The molecule has 0 unspecified atom stereocenters. The van der Waals surface area contributed by atoms with E-state index in [2.05, 4.69) is 9.38 Å². The van der Waals surface area contributed by atoms with Crippen LogP contribution in [0.5, 0.6) is 0 Å². The van der Waals surface area contributed by atoms with E-state index < -0.39 is 10.0 Å². The van der Waals surface area contributed by atoms with Gasteiger partial charge in [0, 0.05) is 23.2 Å². The van der Waals surface area contributed by atoms with Crippen molar-refractivity contribution < 1.29 is 8.42 Å². The fraction of sp³-hybridized carbons (Fsp3) is 0.200. The summed E-state index contributed by atoms with van der Waals surface area (Å²) in [5.74, 6) is 0.884. The first-order valence-corrected chi connectivity index (χ1v) is 9.46. The molecule has 5 nitrogen and oxygen atoms in total. The fourth-order valence-corrected chi connectivity index (χ4v) is 3.95. The van der Waals surface area contributed by atoms with Gasteiger partial charge < -0.3 is 0 Å². The molecule has 1 aliphatic rings. The highest BCUT2D eigenvalue weighted by molar-refractivity contribution is 7.98. The van der Waals surface area contributed by atoms with E-state index in [9.17, 15) is 8.42 Å². The second-order valence-corrected chi connectivity index (χ2v) is 7.15. The maximum atomic E-state index is 12.3. The number of fused-ring (bicyclic) bond motifs is 1. The van der Waals surface area contributed by atoms with Crippen LogP contribution in [0.25, 0.3) is 0 Å². The zero-order valence-corrected chi connectivity index (χ0v) is 13.9. The number of amidine groups is 1. The van der Waals surface area contributed by atoms with E-state index in [0.29, 0.717) is 18.1 Å². The SMILES string of the molecule is CCC1=NS(=O)(=O)c2cccnc2N1c1ccc(SC)cc1. The quantitative estimate of drug-likeness (QED) is 0.805. The van der Waals surface area contributed by atoms with Gasteiger partial charge in [-0.3, -0.25) is 4.90 Å². The minimum atomic E-state index is -3.68. The smallest absolute Gasteiger partial charge is 0.281 e. The van der Waals surface area contributed by atoms with E-state index in [4.69, 9.17) is 0 Å². The van der Waals surface area contributed by atoms with Crippen molar-refractivity contribution in [3.05, 3.63) is 42.6 Å².